The number of nitrogens with one attached hydrogen (secondary N) is 2. The van der Waals surface area contributed by atoms with Gasteiger partial charge in [0.05, 0.1) is 10.9 Å². The van der Waals surface area contributed by atoms with E-state index in [9.17, 15) is 9.59 Å². The van der Waals surface area contributed by atoms with Gasteiger partial charge in [-0.25, -0.2) is 4.79 Å². The third-order valence-corrected chi connectivity index (χ3v) is 8.50. The van der Waals surface area contributed by atoms with E-state index in [4.69, 9.17) is 0 Å². The Labute approximate surface area is 193 Å². The van der Waals surface area contributed by atoms with Crippen molar-refractivity contribution in [3.63, 3.8) is 0 Å². The van der Waals surface area contributed by atoms with E-state index in [1.54, 1.807) is 13.3 Å². The second kappa shape index (κ2) is 8.21. The van der Waals surface area contributed by atoms with E-state index in [1.165, 1.54) is 31.0 Å². The number of thioether (sulfide) groups is 1. The van der Waals surface area contributed by atoms with Gasteiger partial charge in [-0.3, -0.25) is 14.7 Å². The Morgan fingerprint density at radius 3 is 2.44 bits per heavy atom. The van der Waals surface area contributed by atoms with E-state index in [1.807, 2.05) is 18.4 Å². The van der Waals surface area contributed by atoms with Crippen molar-refractivity contribution in [1.29, 1.82) is 0 Å². The molecule has 1 aromatic heterocycles. The Morgan fingerprint density at radius 2 is 1.78 bits per heavy atom. The first-order chi connectivity index (χ1) is 15.3. The summed E-state index contributed by atoms with van der Waals surface area (Å²) < 4.78 is 1.90. The van der Waals surface area contributed by atoms with Crippen LogP contribution in [0.15, 0.2) is 29.7 Å². The molecule has 3 amide bonds. The summed E-state index contributed by atoms with van der Waals surface area (Å²) >= 11 is 1.30. The zero-order valence-electron chi connectivity index (χ0n) is 18.9. The Bertz CT molecular complexity index is 1010. The van der Waals surface area contributed by atoms with E-state index in [-0.39, 0.29) is 17.5 Å². The average Bonchev–Trinajstić information content (AvgIpc) is 3.16. The van der Waals surface area contributed by atoms with E-state index in [0.717, 1.165) is 53.8 Å². The minimum atomic E-state index is -0.481. The monoisotopic (exact) mass is 453 g/mol. The molecule has 0 aliphatic heterocycles. The number of benzene rings is 1. The lowest BCUT2D eigenvalue weighted by molar-refractivity contribution is -0.119. The van der Waals surface area contributed by atoms with Crippen molar-refractivity contribution in [3.8, 4) is 5.69 Å². The molecule has 2 aromatic rings. The summed E-state index contributed by atoms with van der Waals surface area (Å²) in [5.41, 5.74) is 3.12. The summed E-state index contributed by atoms with van der Waals surface area (Å²) in [6.45, 7) is 5.87. The highest BCUT2D eigenvalue weighted by molar-refractivity contribution is 8.00. The van der Waals surface area contributed by atoms with Gasteiger partial charge >= 0.3 is 6.03 Å². The number of nitrogens with zero attached hydrogens (tertiary/aromatic N) is 3. The second-order valence-electron chi connectivity index (χ2n) is 10.2. The first-order valence-electron chi connectivity index (χ1n) is 11.6. The molecule has 1 aromatic carbocycles. The van der Waals surface area contributed by atoms with Crippen molar-refractivity contribution in [3.05, 3.63) is 35.7 Å². The smallest absolute Gasteiger partial charge is 0.321 e. The third-order valence-electron chi connectivity index (χ3n) is 7.45. The molecule has 1 atom stereocenters. The summed E-state index contributed by atoms with van der Waals surface area (Å²) in [6, 6.07) is 5.84. The highest BCUT2D eigenvalue weighted by Crippen LogP contribution is 2.55. The fourth-order valence-corrected chi connectivity index (χ4v) is 7.25. The molecule has 4 saturated carbocycles. The fourth-order valence-electron chi connectivity index (χ4n) is 6.41. The van der Waals surface area contributed by atoms with Crippen molar-refractivity contribution in [2.24, 2.45) is 17.8 Å². The molecule has 4 aliphatic rings. The van der Waals surface area contributed by atoms with Crippen LogP contribution in [0, 0.1) is 31.6 Å². The number of urea groups is 1. The van der Waals surface area contributed by atoms with Crippen molar-refractivity contribution in [2.75, 3.05) is 0 Å². The van der Waals surface area contributed by atoms with Crippen LogP contribution < -0.4 is 10.6 Å². The van der Waals surface area contributed by atoms with Crippen LogP contribution in [0.1, 0.15) is 56.6 Å². The lowest BCUT2D eigenvalue weighted by Gasteiger charge is -2.56. The molecule has 0 spiro atoms. The molecule has 170 valence electrons. The summed E-state index contributed by atoms with van der Waals surface area (Å²) in [6.07, 6.45) is 8.79. The van der Waals surface area contributed by atoms with Gasteiger partial charge in [-0.15, -0.1) is 10.2 Å². The number of hydrogen-bond donors (Lipinski definition) is 2. The van der Waals surface area contributed by atoms with Gasteiger partial charge < -0.3 is 5.32 Å². The molecule has 6 rings (SSSR count). The predicted octanol–water partition coefficient (Wildman–Crippen LogP) is 4.16. The Kier molecular flexibility index (Phi) is 5.51. The molecular weight excluding hydrogens is 422 g/mol. The average molecular weight is 454 g/mol. The zero-order chi connectivity index (χ0) is 22.5. The number of amides is 3. The van der Waals surface area contributed by atoms with Gasteiger partial charge in [-0.05, 0) is 94.2 Å². The minimum absolute atomic E-state index is 0.113. The normalized spacial score (nSPS) is 29.0. The van der Waals surface area contributed by atoms with Crippen LogP contribution in [0.3, 0.4) is 0 Å². The van der Waals surface area contributed by atoms with Crippen molar-refractivity contribution >= 4 is 23.7 Å². The number of imide groups is 1. The summed E-state index contributed by atoms with van der Waals surface area (Å²) in [7, 11) is 0. The lowest BCUT2D eigenvalue weighted by Crippen LogP contribution is -2.62. The van der Waals surface area contributed by atoms with E-state index in [0.29, 0.717) is 5.16 Å². The molecule has 4 bridgehead atoms. The molecule has 1 heterocycles. The van der Waals surface area contributed by atoms with Crippen LogP contribution in [0.5, 0.6) is 0 Å². The van der Waals surface area contributed by atoms with Crippen LogP contribution in [0.25, 0.3) is 5.69 Å². The fraction of sp³-hybridized carbons (Fsp3) is 0.583. The van der Waals surface area contributed by atoms with E-state index >= 15 is 0 Å². The number of carbonyl (C=O) groups excluding carboxylic acids is 2. The SMILES string of the molecule is Cc1ccc(C)c(-n2cnnc2S[C@H](C)C(=O)NC(=O)NC23CC4CC(CC(C4)C2)C3)c1. The van der Waals surface area contributed by atoms with Crippen LogP contribution >= 0.6 is 11.8 Å². The van der Waals surface area contributed by atoms with Gasteiger partial charge in [0, 0.05) is 5.54 Å². The van der Waals surface area contributed by atoms with Crippen LogP contribution in [0.2, 0.25) is 0 Å². The zero-order valence-corrected chi connectivity index (χ0v) is 19.7. The summed E-state index contributed by atoms with van der Waals surface area (Å²) in [5, 5.41) is 14.2. The highest BCUT2D eigenvalue weighted by Gasteiger charge is 2.51. The number of rotatable bonds is 5. The van der Waals surface area contributed by atoms with Gasteiger partial charge in [-0.2, -0.15) is 0 Å². The number of aryl methyl sites for hydroxylation is 2. The molecule has 7 nitrogen and oxygen atoms in total. The third kappa shape index (κ3) is 4.17. The standard InChI is InChI=1S/C24H31N5O2S/c1-14-4-5-15(2)20(6-14)29-13-25-28-23(29)32-16(3)21(30)26-22(31)27-24-10-17-7-18(11-24)9-19(8-17)12-24/h4-6,13,16-19H,7-12H2,1-3H3,(H2,26,27,30,31)/t16-,17?,18?,19?,24?/m1/s1. The maximum Gasteiger partial charge on any atom is 0.321 e. The molecule has 4 fully saturated rings. The summed E-state index contributed by atoms with van der Waals surface area (Å²) in [5.74, 6) is 1.90. The Hall–Kier alpha value is -2.35. The molecule has 0 radical (unpaired) electrons. The number of aromatic nitrogens is 3. The predicted molar refractivity (Wildman–Crippen MR) is 124 cm³/mol. The largest absolute Gasteiger partial charge is 0.332 e. The van der Waals surface area contributed by atoms with Gasteiger partial charge in [0.25, 0.3) is 0 Å². The summed E-state index contributed by atoms with van der Waals surface area (Å²) in [4.78, 5) is 25.5. The van der Waals surface area contributed by atoms with Crippen LogP contribution in [-0.4, -0.2) is 37.5 Å². The maximum atomic E-state index is 12.8. The van der Waals surface area contributed by atoms with Crippen molar-refractivity contribution in [2.45, 2.75) is 75.2 Å². The second-order valence-corrected chi connectivity index (χ2v) is 11.5. The first kappa shape index (κ1) is 21.5. The van der Waals surface area contributed by atoms with Crippen molar-refractivity contribution in [1.82, 2.24) is 25.4 Å². The van der Waals surface area contributed by atoms with Crippen LogP contribution in [0.4, 0.5) is 4.79 Å². The first-order valence-corrected chi connectivity index (χ1v) is 12.5. The Balaban J connectivity index is 1.21. The molecule has 4 aliphatic carbocycles. The molecule has 8 heteroatoms. The molecule has 2 N–H and O–H groups in total. The molecule has 32 heavy (non-hydrogen) atoms. The van der Waals surface area contributed by atoms with Gasteiger partial charge in [0.15, 0.2) is 5.16 Å². The molecular formula is C24H31N5O2S. The van der Waals surface area contributed by atoms with Crippen LogP contribution in [-0.2, 0) is 4.79 Å². The topological polar surface area (TPSA) is 88.9 Å². The van der Waals surface area contributed by atoms with Gasteiger partial charge in [0.1, 0.15) is 6.33 Å². The highest BCUT2D eigenvalue weighted by atomic mass is 32.2. The van der Waals surface area contributed by atoms with E-state index < -0.39 is 5.25 Å². The van der Waals surface area contributed by atoms with Gasteiger partial charge in [0.2, 0.25) is 5.91 Å². The quantitative estimate of drug-likeness (QED) is 0.664. The number of hydrogen-bond acceptors (Lipinski definition) is 5. The number of carbonyl (C=O) groups is 2. The molecule has 0 saturated heterocycles. The molecule has 0 unspecified atom stereocenters. The lowest BCUT2D eigenvalue weighted by atomic mass is 9.53. The van der Waals surface area contributed by atoms with E-state index in [2.05, 4.69) is 39.0 Å². The van der Waals surface area contributed by atoms with Gasteiger partial charge in [-0.1, -0.05) is 23.9 Å². The Morgan fingerprint density at radius 1 is 1.12 bits per heavy atom. The maximum absolute atomic E-state index is 12.8. The van der Waals surface area contributed by atoms with Crippen molar-refractivity contribution < 1.29 is 9.59 Å². The minimum Gasteiger partial charge on any atom is -0.332 e.